The molecule has 0 atom stereocenters. The van der Waals surface area contributed by atoms with Crippen LogP contribution in [0.3, 0.4) is 0 Å². The summed E-state index contributed by atoms with van der Waals surface area (Å²) in [5.74, 6) is -0.487. The minimum absolute atomic E-state index is 0.0164. The van der Waals surface area contributed by atoms with Gasteiger partial charge >= 0.3 is 0 Å². The second kappa shape index (κ2) is 5.33. The number of nitriles is 1. The standard InChI is InChI=1S/C15H17N3O2/c1-10(2)17-13(19)15(7-8-15)14(20)18-12-5-3-11(9-16)4-6-12/h3-6,10H,7-8H2,1-2H3,(H,17,19)(H,18,20). The Morgan fingerprint density at radius 3 is 2.25 bits per heavy atom. The minimum atomic E-state index is -0.918. The van der Waals surface area contributed by atoms with Gasteiger partial charge in [0.2, 0.25) is 11.8 Å². The Labute approximate surface area is 118 Å². The maximum absolute atomic E-state index is 12.2. The largest absolute Gasteiger partial charge is 0.353 e. The molecule has 0 saturated heterocycles. The van der Waals surface area contributed by atoms with Crippen molar-refractivity contribution in [3.8, 4) is 6.07 Å². The molecule has 1 aliphatic rings. The molecule has 1 aromatic carbocycles. The average molecular weight is 271 g/mol. The second-order valence-electron chi connectivity index (χ2n) is 5.35. The van der Waals surface area contributed by atoms with Gasteiger partial charge in [-0.3, -0.25) is 9.59 Å². The minimum Gasteiger partial charge on any atom is -0.353 e. The fourth-order valence-corrected chi connectivity index (χ4v) is 1.96. The lowest BCUT2D eigenvalue weighted by atomic mass is 10.0. The Bertz CT molecular complexity index is 566. The van der Waals surface area contributed by atoms with Crippen LogP contribution in [-0.4, -0.2) is 17.9 Å². The zero-order chi connectivity index (χ0) is 14.8. The van der Waals surface area contributed by atoms with Crippen LogP contribution in [0.2, 0.25) is 0 Å². The predicted molar refractivity (Wildman–Crippen MR) is 74.7 cm³/mol. The summed E-state index contributed by atoms with van der Waals surface area (Å²) in [6.45, 7) is 3.74. The molecule has 0 aromatic heterocycles. The molecule has 104 valence electrons. The van der Waals surface area contributed by atoms with Crippen molar-refractivity contribution in [1.29, 1.82) is 5.26 Å². The number of rotatable bonds is 4. The molecule has 0 heterocycles. The van der Waals surface area contributed by atoms with Crippen molar-refractivity contribution in [2.24, 2.45) is 5.41 Å². The third-order valence-electron chi connectivity index (χ3n) is 3.31. The first-order valence-corrected chi connectivity index (χ1v) is 6.60. The Balaban J connectivity index is 2.04. The van der Waals surface area contributed by atoms with Gasteiger partial charge in [-0.2, -0.15) is 5.26 Å². The maximum atomic E-state index is 12.2. The van der Waals surface area contributed by atoms with Crippen LogP contribution in [0.4, 0.5) is 5.69 Å². The van der Waals surface area contributed by atoms with E-state index in [0.717, 1.165) is 0 Å². The van der Waals surface area contributed by atoms with Crippen LogP contribution in [0.15, 0.2) is 24.3 Å². The van der Waals surface area contributed by atoms with E-state index < -0.39 is 5.41 Å². The van der Waals surface area contributed by atoms with Crippen molar-refractivity contribution in [3.63, 3.8) is 0 Å². The van der Waals surface area contributed by atoms with E-state index >= 15 is 0 Å². The molecule has 5 heteroatoms. The SMILES string of the molecule is CC(C)NC(=O)C1(C(=O)Nc2ccc(C#N)cc2)CC1. The molecule has 2 amide bonds. The van der Waals surface area contributed by atoms with Gasteiger partial charge < -0.3 is 10.6 Å². The fraction of sp³-hybridized carbons (Fsp3) is 0.400. The lowest BCUT2D eigenvalue weighted by Gasteiger charge is -2.17. The molecule has 0 radical (unpaired) electrons. The van der Waals surface area contributed by atoms with Crippen LogP contribution < -0.4 is 10.6 Å². The molecule has 1 aromatic rings. The van der Waals surface area contributed by atoms with Gasteiger partial charge in [0.25, 0.3) is 0 Å². The summed E-state index contributed by atoms with van der Waals surface area (Å²) in [6.07, 6.45) is 1.15. The van der Waals surface area contributed by atoms with E-state index in [4.69, 9.17) is 5.26 Å². The number of nitrogens with one attached hydrogen (secondary N) is 2. The van der Waals surface area contributed by atoms with Crippen LogP contribution in [0.5, 0.6) is 0 Å². The van der Waals surface area contributed by atoms with Gasteiger partial charge in [-0.05, 0) is 51.0 Å². The highest BCUT2D eigenvalue weighted by Crippen LogP contribution is 2.46. The second-order valence-corrected chi connectivity index (χ2v) is 5.35. The molecule has 2 N–H and O–H groups in total. The molecule has 0 unspecified atom stereocenters. The summed E-state index contributed by atoms with van der Waals surface area (Å²) in [5.41, 5.74) is 0.206. The van der Waals surface area contributed by atoms with Crippen LogP contribution in [0.25, 0.3) is 0 Å². The monoisotopic (exact) mass is 271 g/mol. The highest BCUT2D eigenvalue weighted by atomic mass is 16.2. The average Bonchev–Trinajstić information content (AvgIpc) is 3.20. The van der Waals surface area contributed by atoms with Crippen molar-refractivity contribution in [2.75, 3.05) is 5.32 Å². The van der Waals surface area contributed by atoms with E-state index in [1.54, 1.807) is 24.3 Å². The third kappa shape index (κ3) is 2.80. The first-order valence-electron chi connectivity index (χ1n) is 6.60. The fourth-order valence-electron chi connectivity index (χ4n) is 1.96. The Hall–Kier alpha value is -2.35. The van der Waals surface area contributed by atoms with E-state index in [9.17, 15) is 9.59 Å². The van der Waals surface area contributed by atoms with Gasteiger partial charge in [0.1, 0.15) is 5.41 Å². The summed E-state index contributed by atoms with van der Waals surface area (Å²) in [6, 6.07) is 8.61. The molecule has 1 fully saturated rings. The Morgan fingerprint density at radius 1 is 1.20 bits per heavy atom. The van der Waals surface area contributed by atoms with Crippen LogP contribution >= 0.6 is 0 Å². The normalized spacial score (nSPS) is 15.3. The maximum Gasteiger partial charge on any atom is 0.240 e. The summed E-state index contributed by atoms with van der Waals surface area (Å²) in [5, 5.41) is 14.2. The molecule has 20 heavy (non-hydrogen) atoms. The first-order chi connectivity index (χ1) is 9.48. The lowest BCUT2D eigenvalue weighted by Crippen LogP contribution is -2.42. The number of benzene rings is 1. The van der Waals surface area contributed by atoms with E-state index in [0.29, 0.717) is 24.1 Å². The molecule has 1 aliphatic carbocycles. The molecular weight excluding hydrogens is 254 g/mol. The Morgan fingerprint density at radius 2 is 1.80 bits per heavy atom. The van der Waals surface area contributed by atoms with Crippen molar-refractivity contribution in [3.05, 3.63) is 29.8 Å². The molecule has 2 rings (SSSR count). The molecule has 0 aliphatic heterocycles. The summed E-state index contributed by atoms with van der Waals surface area (Å²) < 4.78 is 0. The van der Waals surface area contributed by atoms with Gasteiger partial charge in [0, 0.05) is 11.7 Å². The number of hydrogen-bond donors (Lipinski definition) is 2. The zero-order valence-electron chi connectivity index (χ0n) is 11.6. The number of nitrogens with zero attached hydrogens (tertiary/aromatic N) is 1. The summed E-state index contributed by atoms with van der Waals surface area (Å²) in [7, 11) is 0. The molecule has 0 spiro atoms. The third-order valence-corrected chi connectivity index (χ3v) is 3.31. The summed E-state index contributed by atoms with van der Waals surface area (Å²) in [4.78, 5) is 24.3. The van der Waals surface area contributed by atoms with Gasteiger partial charge in [-0.1, -0.05) is 0 Å². The zero-order valence-corrected chi connectivity index (χ0v) is 11.6. The van der Waals surface area contributed by atoms with Crippen molar-refractivity contribution < 1.29 is 9.59 Å². The first kappa shape index (κ1) is 14.1. The molecule has 0 bridgehead atoms. The topological polar surface area (TPSA) is 82.0 Å². The number of amides is 2. The van der Waals surface area contributed by atoms with Crippen LogP contribution in [0.1, 0.15) is 32.3 Å². The quantitative estimate of drug-likeness (QED) is 0.819. The highest BCUT2D eigenvalue weighted by molar-refractivity contribution is 6.13. The van der Waals surface area contributed by atoms with Crippen molar-refractivity contribution in [2.45, 2.75) is 32.7 Å². The number of hydrogen-bond acceptors (Lipinski definition) is 3. The molecule has 5 nitrogen and oxygen atoms in total. The van der Waals surface area contributed by atoms with Crippen LogP contribution in [-0.2, 0) is 9.59 Å². The molecule has 1 saturated carbocycles. The van der Waals surface area contributed by atoms with Gasteiger partial charge in [-0.25, -0.2) is 0 Å². The van der Waals surface area contributed by atoms with Crippen LogP contribution in [0, 0.1) is 16.7 Å². The van der Waals surface area contributed by atoms with Gasteiger partial charge in [0.05, 0.1) is 11.6 Å². The number of anilines is 1. The predicted octanol–water partition coefficient (Wildman–Crippen LogP) is 1.80. The van der Waals surface area contributed by atoms with E-state index in [-0.39, 0.29) is 17.9 Å². The number of carbonyl (C=O) groups excluding carboxylic acids is 2. The number of carbonyl (C=O) groups is 2. The van der Waals surface area contributed by atoms with Crippen molar-refractivity contribution in [1.82, 2.24) is 5.32 Å². The van der Waals surface area contributed by atoms with Crippen molar-refractivity contribution >= 4 is 17.5 Å². The smallest absolute Gasteiger partial charge is 0.240 e. The lowest BCUT2D eigenvalue weighted by molar-refractivity contribution is -0.134. The summed E-state index contributed by atoms with van der Waals surface area (Å²) >= 11 is 0. The van der Waals surface area contributed by atoms with E-state index in [1.165, 1.54) is 0 Å². The van der Waals surface area contributed by atoms with E-state index in [2.05, 4.69) is 10.6 Å². The Kier molecular flexibility index (Phi) is 3.75. The molecular formula is C15H17N3O2. The van der Waals surface area contributed by atoms with Gasteiger partial charge in [0.15, 0.2) is 0 Å². The van der Waals surface area contributed by atoms with Gasteiger partial charge in [-0.15, -0.1) is 0 Å². The van der Waals surface area contributed by atoms with E-state index in [1.807, 2.05) is 19.9 Å². The highest BCUT2D eigenvalue weighted by Gasteiger charge is 2.56.